The van der Waals surface area contributed by atoms with Crippen molar-refractivity contribution in [3.05, 3.63) is 28.3 Å². The van der Waals surface area contributed by atoms with E-state index in [1.807, 2.05) is 33.8 Å². The van der Waals surface area contributed by atoms with Gasteiger partial charge in [0, 0.05) is 6.54 Å². The van der Waals surface area contributed by atoms with Gasteiger partial charge in [0.15, 0.2) is 0 Å². The summed E-state index contributed by atoms with van der Waals surface area (Å²) in [6.07, 6.45) is 0. The molecule has 1 amide bonds. The van der Waals surface area contributed by atoms with E-state index in [1.54, 1.807) is 7.11 Å². The van der Waals surface area contributed by atoms with E-state index in [0.29, 0.717) is 24.4 Å². The van der Waals surface area contributed by atoms with Gasteiger partial charge >= 0.3 is 0 Å². The van der Waals surface area contributed by atoms with Crippen molar-refractivity contribution >= 4 is 5.91 Å². The topological polar surface area (TPSA) is 64.3 Å². The van der Waals surface area contributed by atoms with Gasteiger partial charge in [-0.2, -0.15) is 0 Å². The second-order valence-corrected chi connectivity index (χ2v) is 5.09. The van der Waals surface area contributed by atoms with Gasteiger partial charge in [0.25, 0.3) is 5.91 Å². The van der Waals surface area contributed by atoms with Crippen LogP contribution in [0.5, 0.6) is 5.75 Å². The van der Waals surface area contributed by atoms with Crippen LogP contribution in [0.4, 0.5) is 0 Å². The number of amides is 1. The Hall–Kier alpha value is -1.55. The van der Waals surface area contributed by atoms with Crippen LogP contribution in [0.1, 0.15) is 34.0 Å². The lowest BCUT2D eigenvalue weighted by atomic mass is 9.98. The Morgan fingerprint density at radius 2 is 2.00 bits per heavy atom. The number of hydrogen-bond acceptors (Lipinski definition) is 3. The molecule has 0 fully saturated rings. The molecule has 0 heterocycles. The van der Waals surface area contributed by atoms with E-state index >= 15 is 0 Å². The molecule has 0 aromatic heterocycles. The number of nitrogens with two attached hydrogens (primary N) is 1. The van der Waals surface area contributed by atoms with Crippen molar-refractivity contribution in [3.63, 3.8) is 0 Å². The molecule has 1 atom stereocenters. The monoisotopic (exact) mass is 264 g/mol. The first-order chi connectivity index (χ1) is 8.92. The Labute approximate surface area is 115 Å². The first-order valence-electron chi connectivity index (χ1n) is 6.55. The number of aryl methyl sites for hydroxylation is 2. The zero-order valence-electron chi connectivity index (χ0n) is 12.5. The number of ether oxygens (including phenoxy) is 1. The number of methoxy groups -OCH3 is 1. The summed E-state index contributed by atoms with van der Waals surface area (Å²) in [7, 11) is 1.60. The first kappa shape index (κ1) is 15.5. The van der Waals surface area contributed by atoms with Crippen LogP contribution in [0.25, 0.3) is 0 Å². The van der Waals surface area contributed by atoms with Crippen LogP contribution in [0, 0.1) is 26.7 Å². The minimum atomic E-state index is -0.0993. The van der Waals surface area contributed by atoms with Gasteiger partial charge in [-0.1, -0.05) is 13.0 Å². The summed E-state index contributed by atoms with van der Waals surface area (Å²) in [5.74, 6) is 0.829. The number of carbonyl (C=O) groups is 1. The Kier molecular flexibility index (Phi) is 5.36. The molecule has 19 heavy (non-hydrogen) atoms. The first-order valence-corrected chi connectivity index (χ1v) is 6.55. The van der Waals surface area contributed by atoms with Crippen LogP contribution < -0.4 is 15.8 Å². The Balaban J connectivity index is 3.05. The maximum absolute atomic E-state index is 12.3. The standard InChI is InChI=1S/C15H24N2O2/c1-9(7-16)8-17-15(18)13-11(3)6-10(2)12(4)14(13)19-5/h6,9H,7-8,16H2,1-5H3,(H,17,18). The van der Waals surface area contributed by atoms with Crippen LogP contribution >= 0.6 is 0 Å². The summed E-state index contributed by atoms with van der Waals surface area (Å²) in [6.45, 7) is 9.05. The molecule has 0 saturated carbocycles. The molecule has 1 aromatic rings. The number of rotatable bonds is 5. The van der Waals surface area contributed by atoms with Crippen LogP contribution in [0.3, 0.4) is 0 Å². The fourth-order valence-corrected chi connectivity index (χ4v) is 2.03. The predicted molar refractivity (Wildman–Crippen MR) is 77.8 cm³/mol. The molecular formula is C15H24N2O2. The largest absolute Gasteiger partial charge is 0.496 e. The average molecular weight is 264 g/mol. The lowest BCUT2D eigenvalue weighted by Gasteiger charge is -2.17. The minimum Gasteiger partial charge on any atom is -0.496 e. The van der Waals surface area contributed by atoms with Crippen molar-refractivity contribution in [1.29, 1.82) is 0 Å². The Morgan fingerprint density at radius 1 is 1.37 bits per heavy atom. The molecule has 0 aliphatic heterocycles. The lowest BCUT2D eigenvalue weighted by molar-refractivity contribution is 0.0944. The van der Waals surface area contributed by atoms with E-state index in [1.165, 1.54) is 0 Å². The molecule has 4 heteroatoms. The molecule has 0 saturated heterocycles. The highest BCUT2D eigenvalue weighted by Gasteiger charge is 2.19. The molecule has 1 rings (SSSR count). The molecule has 0 aliphatic rings. The second-order valence-electron chi connectivity index (χ2n) is 5.09. The molecular weight excluding hydrogens is 240 g/mol. The van der Waals surface area contributed by atoms with Crippen LogP contribution in [0.15, 0.2) is 6.07 Å². The van der Waals surface area contributed by atoms with Crippen molar-refractivity contribution in [1.82, 2.24) is 5.32 Å². The lowest BCUT2D eigenvalue weighted by Crippen LogP contribution is -2.32. The third kappa shape index (κ3) is 3.47. The van der Waals surface area contributed by atoms with Crippen molar-refractivity contribution in [2.75, 3.05) is 20.2 Å². The van der Waals surface area contributed by atoms with E-state index < -0.39 is 0 Å². The Morgan fingerprint density at radius 3 is 2.53 bits per heavy atom. The van der Waals surface area contributed by atoms with Crippen LogP contribution in [-0.2, 0) is 0 Å². The zero-order valence-corrected chi connectivity index (χ0v) is 12.5. The fourth-order valence-electron chi connectivity index (χ4n) is 2.03. The van der Waals surface area contributed by atoms with Gasteiger partial charge in [-0.3, -0.25) is 4.79 Å². The van der Waals surface area contributed by atoms with Crippen molar-refractivity contribution < 1.29 is 9.53 Å². The highest BCUT2D eigenvalue weighted by atomic mass is 16.5. The van der Waals surface area contributed by atoms with Crippen molar-refractivity contribution in [2.24, 2.45) is 11.7 Å². The van der Waals surface area contributed by atoms with Gasteiger partial charge in [-0.15, -0.1) is 0 Å². The average Bonchev–Trinajstić information content (AvgIpc) is 2.39. The third-order valence-electron chi connectivity index (χ3n) is 3.43. The maximum Gasteiger partial charge on any atom is 0.255 e. The SMILES string of the molecule is COc1c(C)c(C)cc(C)c1C(=O)NCC(C)CN. The molecule has 1 aromatic carbocycles. The molecule has 4 nitrogen and oxygen atoms in total. The van der Waals surface area contributed by atoms with Crippen LogP contribution in [0.2, 0.25) is 0 Å². The van der Waals surface area contributed by atoms with Gasteiger partial charge in [0.05, 0.1) is 12.7 Å². The minimum absolute atomic E-state index is 0.0993. The van der Waals surface area contributed by atoms with Crippen molar-refractivity contribution in [2.45, 2.75) is 27.7 Å². The van der Waals surface area contributed by atoms with Gasteiger partial charge < -0.3 is 15.8 Å². The molecule has 0 bridgehead atoms. The molecule has 106 valence electrons. The molecule has 0 radical (unpaired) electrons. The highest BCUT2D eigenvalue weighted by Crippen LogP contribution is 2.29. The fraction of sp³-hybridized carbons (Fsp3) is 0.533. The normalized spacial score (nSPS) is 12.1. The molecule has 0 spiro atoms. The van der Waals surface area contributed by atoms with E-state index in [9.17, 15) is 4.79 Å². The van der Waals surface area contributed by atoms with E-state index in [4.69, 9.17) is 10.5 Å². The summed E-state index contributed by atoms with van der Waals surface area (Å²) in [5.41, 5.74) is 9.23. The summed E-state index contributed by atoms with van der Waals surface area (Å²) in [5, 5.41) is 2.91. The zero-order chi connectivity index (χ0) is 14.6. The van der Waals surface area contributed by atoms with Gasteiger partial charge in [0.1, 0.15) is 5.75 Å². The highest BCUT2D eigenvalue weighted by molar-refractivity contribution is 5.99. The molecule has 3 N–H and O–H groups in total. The predicted octanol–water partition coefficient (Wildman–Crippen LogP) is 1.95. The summed E-state index contributed by atoms with van der Waals surface area (Å²) in [6, 6.07) is 2.01. The summed E-state index contributed by atoms with van der Waals surface area (Å²) in [4.78, 5) is 12.3. The molecule has 0 aliphatic carbocycles. The number of hydrogen-bond donors (Lipinski definition) is 2. The molecule has 1 unspecified atom stereocenters. The quantitative estimate of drug-likeness (QED) is 0.854. The van der Waals surface area contributed by atoms with Crippen molar-refractivity contribution in [3.8, 4) is 5.75 Å². The number of benzene rings is 1. The second kappa shape index (κ2) is 6.57. The number of carbonyl (C=O) groups excluding carboxylic acids is 1. The maximum atomic E-state index is 12.3. The van der Waals surface area contributed by atoms with E-state index in [-0.39, 0.29) is 11.8 Å². The van der Waals surface area contributed by atoms with Gasteiger partial charge in [-0.05, 0) is 49.9 Å². The van der Waals surface area contributed by atoms with E-state index in [0.717, 1.165) is 16.7 Å². The third-order valence-corrected chi connectivity index (χ3v) is 3.43. The van der Waals surface area contributed by atoms with Gasteiger partial charge in [0.2, 0.25) is 0 Å². The van der Waals surface area contributed by atoms with E-state index in [2.05, 4.69) is 5.32 Å². The summed E-state index contributed by atoms with van der Waals surface area (Å²) >= 11 is 0. The summed E-state index contributed by atoms with van der Waals surface area (Å²) < 4.78 is 5.41. The Bertz CT molecular complexity index is 470. The number of nitrogens with one attached hydrogen (secondary N) is 1. The smallest absolute Gasteiger partial charge is 0.255 e. The van der Waals surface area contributed by atoms with Gasteiger partial charge in [-0.25, -0.2) is 0 Å². The van der Waals surface area contributed by atoms with Crippen LogP contribution in [-0.4, -0.2) is 26.1 Å².